The molecule has 4 heteroatoms. The van der Waals surface area contributed by atoms with Gasteiger partial charge in [0, 0.05) is 19.7 Å². The maximum absolute atomic E-state index is 11.3. The molecule has 68 valence electrons. The first-order chi connectivity index (χ1) is 6.24. The summed E-state index contributed by atoms with van der Waals surface area (Å²) in [5, 5.41) is 0. The molecule has 0 fully saturated rings. The normalized spacial score (nSPS) is 10.9. The van der Waals surface area contributed by atoms with E-state index in [1.54, 1.807) is 6.20 Å². The van der Waals surface area contributed by atoms with Crippen LogP contribution in [0.3, 0.4) is 0 Å². The molecule has 2 aromatic heterocycles. The summed E-state index contributed by atoms with van der Waals surface area (Å²) in [6.45, 7) is 2.02. The lowest BCUT2D eigenvalue weighted by molar-refractivity contribution is 0.829. The van der Waals surface area contributed by atoms with Gasteiger partial charge >= 0.3 is 0 Å². The third-order valence-electron chi connectivity index (χ3n) is 2.22. The number of pyridine rings is 1. The summed E-state index contributed by atoms with van der Waals surface area (Å²) in [4.78, 5) is 18.2. The Bertz CT molecular complexity index is 495. The van der Waals surface area contributed by atoms with Gasteiger partial charge in [-0.05, 0) is 6.07 Å². The van der Waals surface area contributed by atoms with Crippen molar-refractivity contribution in [2.75, 3.05) is 0 Å². The van der Waals surface area contributed by atoms with E-state index >= 15 is 0 Å². The van der Waals surface area contributed by atoms with Crippen LogP contribution in [-0.2, 0) is 13.5 Å². The number of aromatic amines is 1. The molecule has 0 aliphatic rings. The number of H-pyrrole nitrogens is 1. The number of hydrogen-bond acceptors (Lipinski definition) is 2. The molecule has 0 atom stereocenters. The van der Waals surface area contributed by atoms with Gasteiger partial charge in [0.15, 0.2) is 5.52 Å². The Kier molecular flexibility index (Phi) is 1.69. The van der Waals surface area contributed by atoms with Crippen LogP contribution in [0.25, 0.3) is 11.0 Å². The fourth-order valence-corrected chi connectivity index (χ4v) is 1.50. The third-order valence-corrected chi connectivity index (χ3v) is 2.22. The predicted octanol–water partition coefficient (Wildman–Crippen LogP) is 0.824. The molecule has 0 aliphatic heterocycles. The molecule has 0 amide bonds. The summed E-state index contributed by atoms with van der Waals surface area (Å²) < 4.78 is 1.95. The van der Waals surface area contributed by atoms with Crippen LogP contribution in [0.5, 0.6) is 0 Å². The minimum Gasteiger partial charge on any atom is -0.331 e. The van der Waals surface area contributed by atoms with Crippen molar-refractivity contribution in [1.82, 2.24) is 14.5 Å². The highest BCUT2D eigenvalue weighted by atomic mass is 16.1. The zero-order valence-electron chi connectivity index (χ0n) is 7.66. The van der Waals surface area contributed by atoms with Crippen molar-refractivity contribution in [2.45, 2.75) is 13.3 Å². The van der Waals surface area contributed by atoms with E-state index in [2.05, 4.69) is 9.97 Å². The van der Waals surface area contributed by atoms with Crippen LogP contribution >= 0.6 is 0 Å². The minimum absolute atomic E-state index is 0.118. The van der Waals surface area contributed by atoms with E-state index in [4.69, 9.17) is 0 Å². The van der Waals surface area contributed by atoms with Gasteiger partial charge in [-0.25, -0.2) is 4.98 Å². The summed E-state index contributed by atoms with van der Waals surface area (Å²) in [5.41, 5.74) is 1.30. The van der Waals surface area contributed by atoms with Crippen LogP contribution in [0.2, 0.25) is 0 Å². The van der Waals surface area contributed by atoms with Crippen molar-refractivity contribution in [2.24, 2.45) is 7.05 Å². The molecule has 13 heavy (non-hydrogen) atoms. The van der Waals surface area contributed by atoms with Gasteiger partial charge in [-0.15, -0.1) is 0 Å². The highest BCUT2D eigenvalue weighted by Crippen LogP contribution is 2.09. The SMILES string of the molecule is CCc1nc2c(=O)[nH]ccc2n1C. The van der Waals surface area contributed by atoms with E-state index in [1.165, 1.54) is 0 Å². The quantitative estimate of drug-likeness (QED) is 0.701. The molecule has 1 N–H and O–H groups in total. The number of aryl methyl sites for hydroxylation is 2. The molecule has 0 unspecified atom stereocenters. The fraction of sp³-hybridized carbons (Fsp3) is 0.333. The smallest absolute Gasteiger partial charge is 0.276 e. The number of hydrogen-bond donors (Lipinski definition) is 1. The maximum Gasteiger partial charge on any atom is 0.276 e. The summed E-state index contributed by atoms with van der Waals surface area (Å²) in [7, 11) is 1.92. The molecule has 0 saturated carbocycles. The lowest BCUT2D eigenvalue weighted by atomic mass is 10.4. The Morgan fingerprint density at radius 2 is 2.38 bits per heavy atom. The first-order valence-electron chi connectivity index (χ1n) is 4.27. The molecule has 0 aliphatic carbocycles. The Balaban J connectivity index is 2.92. The summed E-state index contributed by atoms with van der Waals surface area (Å²) in [6.07, 6.45) is 2.48. The molecule has 0 bridgehead atoms. The van der Waals surface area contributed by atoms with Crippen LogP contribution in [0.15, 0.2) is 17.1 Å². The average Bonchev–Trinajstić information content (AvgIpc) is 2.45. The molecular formula is C9H11N3O. The van der Waals surface area contributed by atoms with Gasteiger partial charge < -0.3 is 9.55 Å². The number of nitrogens with zero attached hydrogens (tertiary/aromatic N) is 2. The van der Waals surface area contributed by atoms with Gasteiger partial charge in [0.1, 0.15) is 5.82 Å². The van der Waals surface area contributed by atoms with Crippen LogP contribution in [-0.4, -0.2) is 14.5 Å². The third kappa shape index (κ3) is 1.06. The first kappa shape index (κ1) is 8.04. The molecule has 0 aromatic carbocycles. The molecule has 0 spiro atoms. The Morgan fingerprint density at radius 1 is 1.62 bits per heavy atom. The summed E-state index contributed by atoms with van der Waals surface area (Å²) in [6, 6.07) is 1.86. The standard InChI is InChI=1S/C9H11N3O/c1-3-7-11-8-6(12(7)2)4-5-10-9(8)13/h4-5H,3H2,1-2H3,(H,10,13). The topological polar surface area (TPSA) is 50.7 Å². The second-order valence-electron chi connectivity index (χ2n) is 2.98. The van der Waals surface area contributed by atoms with Crippen molar-refractivity contribution in [3.05, 3.63) is 28.4 Å². The number of nitrogens with one attached hydrogen (secondary N) is 1. The summed E-state index contributed by atoms with van der Waals surface area (Å²) in [5.74, 6) is 0.937. The van der Waals surface area contributed by atoms with Gasteiger partial charge in [0.05, 0.1) is 5.52 Å². The van der Waals surface area contributed by atoms with E-state index in [1.807, 2.05) is 24.6 Å². The van der Waals surface area contributed by atoms with Crippen molar-refractivity contribution < 1.29 is 0 Å². The second-order valence-corrected chi connectivity index (χ2v) is 2.98. The van der Waals surface area contributed by atoms with Gasteiger partial charge in [-0.1, -0.05) is 6.92 Å². The molecule has 0 saturated heterocycles. The molecule has 2 heterocycles. The molecule has 2 rings (SSSR count). The Morgan fingerprint density at radius 3 is 3.00 bits per heavy atom. The van der Waals surface area contributed by atoms with Crippen LogP contribution in [0, 0.1) is 0 Å². The number of imidazole rings is 1. The molecular weight excluding hydrogens is 166 g/mol. The van der Waals surface area contributed by atoms with Crippen LogP contribution < -0.4 is 5.56 Å². The van der Waals surface area contributed by atoms with E-state index in [0.29, 0.717) is 5.52 Å². The van der Waals surface area contributed by atoms with E-state index in [9.17, 15) is 4.79 Å². The van der Waals surface area contributed by atoms with Crippen molar-refractivity contribution in [3.8, 4) is 0 Å². The predicted molar refractivity (Wildman–Crippen MR) is 50.7 cm³/mol. The largest absolute Gasteiger partial charge is 0.331 e. The van der Waals surface area contributed by atoms with E-state index in [0.717, 1.165) is 17.8 Å². The van der Waals surface area contributed by atoms with Gasteiger partial charge in [-0.3, -0.25) is 4.79 Å². The average molecular weight is 177 g/mol. The van der Waals surface area contributed by atoms with Gasteiger partial charge in [-0.2, -0.15) is 0 Å². The van der Waals surface area contributed by atoms with Crippen molar-refractivity contribution in [3.63, 3.8) is 0 Å². The molecule has 2 aromatic rings. The Labute approximate surface area is 75.2 Å². The van der Waals surface area contributed by atoms with Gasteiger partial charge in [0.2, 0.25) is 0 Å². The number of fused-ring (bicyclic) bond motifs is 1. The highest BCUT2D eigenvalue weighted by molar-refractivity contribution is 5.74. The van der Waals surface area contributed by atoms with E-state index < -0.39 is 0 Å². The van der Waals surface area contributed by atoms with E-state index in [-0.39, 0.29) is 5.56 Å². The zero-order chi connectivity index (χ0) is 9.42. The summed E-state index contributed by atoms with van der Waals surface area (Å²) >= 11 is 0. The first-order valence-corrected chi connectivity index (χ1v) is 4.27. The second kappa shape index (κ2) is 2.73. The van der Waals surface area contributed by atoms with Crippen molar-refractivity contribution in [1.29, 1.82) is 0 Å². The van der Waals surface area contributed by atoms with Crippen LogP contribution in [0.1, 0.15) is 12.7 Å². The maximum atomic E-state index is 11.3. The lowest BCUT2D eigenvalue weighted by Crippen LogP contribution is -2.04. The zero-order valence-corrected chi connectivity index (χ0v) is 7.66. The lowest BCUT2D eigenvalue weighted by Gasteiger charge is -1.96. The number of rotatable bonds is 1. The van der Waals surface area contributed by atoms with Gasteiger partial charge in [0.25, 0.3) is 5.56 Å². The fourth-order valence-electron chi connectivity index (χ4n) is 1.50. The molecule has 0 radical (unpaired) electrons. The molecule has 4 nitrogen and oxygen atoms in total. The minimum atomic E-state index is -0.118. The van der Waals surface area contributed by atoms with Crippen LogP contribution in [0.4, 0.5) is 0 Å². The highest BCUT2D eigenvalue weighted by Gasteiger charge is 2.07. The van der Waals surface area contributed by atoms with Crippen molar-refractivity contribution >= 4 is 11.0 Å². The number of aromatic nitrogens is 3. The monoisotopic (exact) mass is 177 g/mol. The Hall–Kier alpha value is -1.58.